The van der Waals surface area contributed by atoms with Crippen LogP contribution in [0.4, 0.5) is 0 Å². The van der Waals surface area contributed by atoms with E-state index in [1.807, 2.05) is 12.3 Å². The third-order valence-electron chi connectivity index (χ3n) is 3.49. The molecule has 2 heterocycles. The average Bonchev–Trinajstić information content (AvgIpc) is 3.04. The van der Waals surface area contributed by atoms with Crippen molar-refractivity contribution in [2.75, 3.05) is 13.1 Å². The van der Waals surface area contributed by atoms with Gasteiger partial charge in [-0.2, -0.15) is 0 Å². The van der Waals surface area contributed by atoms with E-state index in [1.165, 1.54) is 6.42 Å². The Morgan fingerprint density at radius 2 is 2.21 bits per heavy atom. The lowest BCUT2D eigenvalue weighted by Crippen LogP contribution is -2.11. The molecule has 0 saturated carbocycles. The summed E-state index contributed by atoms with van der Waals surface area (Å²) in [6.07, 6.45) is 4.02. The van der Waals surface area contributed by atoms with Crippen LogP contribution in [0.15, 0.2) is 24.4 Å². The van der Waals surface area contributed by atoms with E-state index in [0.29, 0.717) is 16.0 Å². The monoisotopic (exact) mass is 295 g/mol. The van der Waals surface area contributed by atoms with Gasteiger partial charge in [-0.3, -0.25) is 0 Å². The van der Waals surface area contributed by atoms with E-state index >= 15 is 0 Å². The summed E-state index contributed by atoms with van der Waals surface area (Å²) in [6, 6.07) is 5.45. The molecule has 0 spiro atoms. The highest BCUT2D eigenvalue weighted by Crippen LogP contribution is 2.29. The van der Waals surface area contributed by atoms with Gasteiger partial charge in [-0.05, 0) is 43.6 Å². The third-order valence-corrected chi connectivity index (χ3v) is 4.06. The van der Waals surface area contributed by atoms with Gasteiger partial charge in [-0.25, -0.2) is 4.98 Å². The molecule has 0 radical (unpaired) electrons. The smallest absolute Gasteiger partial charge is 0.106 e. The van der Waals surface area contributed by atoms with Crippen molar-refractivity contribution in [3.05, 3.63) is 40.3 Å². The van der Waals surface area contributed by atoms with Crippen molar-refractivity contribution >= 4 is 23.2 Å². The Bertz CT molecular complexity index is 574. The third kappa shape index (κ3) is 2.94. The van der Waals surface area contributed by atoms with Crippen LogP contribution in [0.25, 0.3) is 11.3 Å². The number of hydrogen-bond acceptors (Lipinski definition) is 2. The van der Waals surface area contributed by atoms with Crippen LogP contribution in [0.1, 0.15) is 12.2 Å². The van der Waals surface area contributed by atoms with Gasteiger partial charge >= 0.3 is 0 Å². The number of aromatic amines is 1. The fourth-order valence-corrected chi connectivity index (χ4v) is 2.86. The molecule has 1 fully saturated rings. The van der Waals surface area contributed by atoms with E-state index in [9.17, 15) is 0 Å². The minimum absolute atomic E-state index is 0.675. The van der Waals surface area contributed by atoms with Crippen LogP contribution in [0.2, 0.25) is 10.0 Å². The Morgan fingerprint density at radius 3 is 3.00 bits per heavy atom. The zero-order valence-corrected chi connectivity index (χ0v) is 11.9. The summed E-state index contributed by atoms with van der Waals surface area (Å²) < 4.78 is 0. The van der Waals surface area contributed by atoms with E-state index in [0.717, 1.165) is 36.6 Å². The predicted octanol–water partition coefficient (Wildman–Crippen LogP) is 3.54. The van der Waals surface area contributed by atoms with E-state index in [1.54, 1.807) is 12.1 Å². The first kappa shape index (κ1) is 13.0. The molecule has 3 rings (SSSR count). The molecule has 1 aliphatic heterocycles. The minimum atomic E-state index is 0.675. The maximum absolute atomic E-state index is 6.19. The lowest BCUT2D eigenvalue weighted by Gasteiger charge is -2.05. The van der Waals surface area contributed by atoms with E-state index in [4.69, 9.17) is 23.2 Å². The SMILES string of the molecule is Clc1ccc(Cl)c(-c2cnc(CC3CCNC3)[nH]2)c1. The molecule has 1 aliphatic rings. The molecule has 1 saturated heterocycles. The first-order valence-corrected chi connectivity index (χ1v) is 7.18. The predicted molar refractivity (Wildman–Crippen MR) is 78.7 cm³/mol. The van der Waals surface area contributed by atoms with Crippen LogP contribution in [0.5, 0.6) is 0 Å². The second-order valence-electron chi connectivity index (χ2n) is 4.93. The molecule has 1 atom stereocenters. The number of rotatable bonds is 3. The Morgan fingerprint density at radius 1 is 1.32 bits per heavy atom. The van der Waals surface area contributed by atoms with Crippen molar-refractivity contribution in [3.8, 4) is 11.3 Å². The highest BCUT2D eigenvalue weighted by atomic mass is 35.5. The van der Waals surface area contributed by atoms with Gasteiger partial charge in [0, 0.05) is 17.0 Å². The summed E-state index contributed by atoms with van der Waals surface area (Å²) in [5.74, 6) is 1.69. The quantitative estimate of drug-likeness (QED) is 0.909. The normalized spacial score (nSPS) is 18.9. The zero-order chi connectivity index (χ0) is 13.2. The number of H-pyrrole nitrogens is 1. The van der Waals surface area contributed by atoms with Crippen LogP contribution in [0.3, 0.4) is 0 Å². The lowest BCUT2D eigenvalue weighted by atomic mass is 10.1. The molecule has 2 aromatic rings. The van der Waals surface area contributed by atoms with E-state index in [-0.39, 0.29) is 0 Å². The van der Waals surface area contributed by atoms with Crippen LogP contribution < -0.4 is 5.32 Å². The van der Waals surface area contributed by atoms with Crippen molar-refractivity contribution < 1.29 is 0 Å². The van der Waals surface area contributed by atoms with Gasteiger partial charge in [0.05, 0.1) is 16.9 Å². The number of hydrogen-bond donors (Lipinski definition) is 2. The van der Waals surface area contributed by atoms with Crippen molar-refractivity contribution in [1.82, 2.24) is 15.3 Å². The second kappa shape index (κ2) is 5.53. The van der Waals surface area contributed by atoms with Gasteiger partial charge < -0.3 is 10.3 Å². The van der Waals surface area contributed by atoms with Gasteiger partial charge in [0.1, 0.15) is 5.82 Å². The summed E-state index contributed by atoms with van der Waals surface area (Å²) in [5.41, 5.74) is 1.82. The molecule has 19 heavy (non-hydrogen) atoms. The molecule has 2 N–H and O–H groups in total. The summed E-state index contributed by atoms with van der Waals surface area (Å²) in [7, 11) is 0. The van der Waals surface area contributed by atoms with E-state index in [2.05, 4.69) is 15.3 Å². The standard InChI is InChI=1S/C14H15Cl2N3/c15-10-1-2-12(16)11(6-10)13-8-18-14(19-13)5-9-3-4-17-7-9/h1-2,6,8-9,17H,3-5,7H2,(H,18,19). The summed E-state index contributed by atoms with van der Waals surface area (Å²) in [4.78, 5) is 7.78. The molecular weight excluding hydrogens is 281 g/mol. The minimum Gasteiger partial charge on any atom is -0.342 e. The van der Waals surface area contributed by atoms with Gasteiger partial charge in [0.15, 0.2) is 0 Å². The molecule has 0 amide bonds. The average molecular weight is 296 g/mol. The largest absolute Gasteiger partial charge is 0.342 e. The number of imidazole rings is 1. The summed E-state index contributed by atoms with van der Waals surface area (Å²) >= 11 is 12.2. The Labute approximate surface area is 122 Å². The topological polar surface area (TPSA) is 40.7 Å². The van der Waals surface area contributed by atoms with Crippen LogP contribution >= 0.6 is 23.2 Å². The highest BCUT2D eigenvalue weighted by Gasteiger charge is 2.17. The molecule has 1 aromatic heterocycles. The molecule has 0 bridgehead atoms. The fraction of sp³-hybridized carbons (Fsp3) is 0.357. The molecule has 5 heteroatoms. The van der Waals surface area contributed by atoms with Gasteiger partial charge in [-0.1, -0.05) is 23.2 Å². The maximum Gasteiger partial charge on any atom is 0.106 e. The second-order valence-corrected chi connectivity index (χ2v) is 5.77. The van der Waals surface area contributed by atoms with E-state index < -0.39 is 0 Å². The van der Waals surface area contributed by atoms with Gasteiger partial charge in [0.2, 0.25) is 0 Å². The van der Waals surface area contributed by atoms with Gasteiger partial charge in [-0.15, -0.1) is 0 Å². The Balaban J connectivity index is 1.82. The summed E-state index contributed by atoms with van der Waals surface area (Å²) in [6.45, 7) is 2.19. The van der Waals surface area contributed by atoms with Crippen molar-refractivity contribution in [2.24, 2.45) is 5.92 Å². The maximum atomic E-state index is 6.19. The molecular formula is C14H15Cl2N3. The molecule has 1 unspecified atom stereocenters. The van der Waals surface area contributed by atoms with Crippen LogP contribution in [-0.2, 0) is 6.42 Å². The number of halogens is 2. The highest BCUT2D eigenvalue weighted by molar-refractivity contribution is 6.35. The number of benzene rings is 1. The van der Waals surface area contributed by atoms with Gasteiger partial charge in [0.25, 0.3) is 0 Å². The number of nitrogens with one attached hydrogen (secondary N) is 2. The van der Waals surface area contributed by atoms with Crippen molar-refractivity contribution in [1.29, 1.82) is 0 Å². The zero-order valence-electron chi connectivity index (χ0n) is 10.4. The Hall–Kier alpha value is -1.03. The van der Waals surface area contributed by atoms with Crippen molar-refractivity contribution in [2.45, 2.75) is 12.8 Å². The molecule has 0 aliphatic carbocycles. The number of nitrogens with zero attached hydrogens (tertiary/aromatic N) is 1. The molecule has 3 nitrogen and oxygen atoms in total. The lowest BCUT2D eigenvalue weighted by molar-refractivity contribution is 0.565. The summed E-state index contributed by atoms with van der Waals surface area (Å²) in [5, 5.41) is 4.73. The molecule has 1 aromatic carbocycles. The first-order chi connectivity index (χ1) is 9.22. The molecule has 100 valence electrons. The van der Waals surface area contributed by atoms with Crippen molar-refractivity contribution in [3.63, 3.8) is 0 Å². The van der Waals surface area contributed by atoms with Crippen LogP contribution in [-0.4, -0.2) is 23.1 Å². The first-order valence-electron chi connectivity index (χ1n) is 6.42. The number of aromatic nitrogens is 2. The Kier molecular flexibility index (Phi) is 3.78. The fourth-order valence-electron chi connectivity index (χ4n) is 2.47. The van der Waals surface area contributed by atoms with Crippen LogP contribution in [0, 0.1) is 5.92 Å².